The molecule has 19 heavy (non-hydrogen) atoms. The van der Waals surface area contributed by atoms with Crippen LogP contribution in [-0.2, 0) is 7.05 Å². The molecule has 0 spiro atoms. The van der Waals surface area contributed by atoms with Crippen molar-refractivity contribution in [3.05, 3.63) is 31.7 Å². The summed E-state index contributed by atoms with van der Waals surface area (Å²) in [6.07, 6.45) is 1.42. The molecular weight excluding hydrogens is 381 g/mol. The molecule has 0 aliphatic heterocycles. The zero-order valence-electron chi connectivity index (χ0n) is 9.79. The summed E-state index contributed by atoms with van der Waals surface area (Å²) in [6.45, 7) is 0. The van der Waals surface area contributed by atoms with Crippen molar-refractivity contribution in [1.29, 1.82) is 0 Å². The number of amidine groups is 1. The first-order valence-electron chi connectivity index (χ1n) is 5.08. The minimum absolute atomic E-state index is 0.108. The number of nitrogens with one attached hydrogen (secondary N) is 1. The van der Waals surface area contributed by atoms with Crippen molar-refractivity contribution in [2.24, 2.45) is 17.9 Å². The van der Waals surface area contributed by atoms with Gasteiger partial charge in [-0.25, -0.2) is 0 Å². The number of oxime groups is 1. The van der Waals surface area contributed by atoms with Gasteiger partial charge >= 0.3 is 0 Å². The van der Waals surface area contributed by atoms with Gasteiger partial charge in [0.15, 0.2) is 5.84 Å². The average molecular weight is 391 g/mol. The second-order valence-electron chi connectivity index (χ2n) is 3.61. The zero-order chi connectivity index (χ0) is 14.0. The first-order valence-corrected chi connectivity index (χ1v) is 7.04. The van der Waals surface area contributed by atoms with E-state index in [1.165, 1.54) is 22.2 Å². The summed E-state index contributed by atoms with van der Waals surface area (Å²) in [5, 5.41) is 20.0. The number of aromatic nitrogens is 2. The highest BCUT2D eigenvalue weighted by atomic mass is 127. The summed E-state index contributed by atoms with van der Waals surface area (Å²) in [5.41, 5.74) is 6.44. The third-order valence-corrected chi connectivity index (χ3v) is 4.17. The number of amides is 1. The normalized spacial score (nSPS) is 11.6. The van der Waals surface area contributed by atoms with Crippen molar-refractivity contribution >= 4 is 51.5 Å². The van der Waals surface area contributed by atoms with Crippen LogP contribution in [0.1, 0.15) is 15.9 Å². The fourth-order valence-electron chi connectivity index (χ4n) is 1.44. The van der Waals surface area contributed by atoms with Gasteiger partial charge in [-0.05, 0) is 28.7 Å². The fourth-order valence-corrected chi connectivity index (χ4v) is 2.76. The standard InChI is InChI=1S/C10H10IN5O2S/c1-16-9(6(3-13-16)8(12)15-18)14-10(17)5-2-7(11)19-4-5/h2-4,18H,1H3,(H2,12,15)(H,14,17). The minimum atomic E-state index is -0.269. The van der Waals surface area contributed by atoms with E-state index in [-0.39, 0.29) is 11.7 Å². The van der Waals surface area contributed by atoms with Gasteiger partial charge in [0.25, 0.3) is 5.91 Å². The number of rotatable bonds is 3. The number of nitrogens with zero attached hydrogens (tertiary/aromatic N) is 3. The van der Waals surface area contributed by atoms with Crippen molar-refractivity contribution in [1.82, 2.24) is 9.78 Å². The molecule has 2 aromatic heterocycles. The maximum Gasteiger partial charge on any atom is 0.257 e. The lowest BCUT2D eigenvalue weighted by atomic mass is 10.2. The molecule has 0 aliphatic rings. The Morgan fingerprint density at radius 2 is 2.42 bits per heavy atom. The largest absolute Gasteiger partial charge is 0.409 e. The molecule has 1 amide bonds. The summed E-state index contributed by atoms with van der Waals surface area (Å²) < 4.78 is 2.47. The van der Waals surface area contributed by atoms with E-state index in [0.29, 0.717) is 16.9 Å². The number of carbonyl (C=O) groups is 1. The highest BCUT2D eigenvalue weighted by Crippen LogP contribution is 2.19. The Bertz CT molecular complexity index is 648. The molecule has 0 aromatic carbocycles. The van der Waals surface area contributed by atoms with Gasteiger partial charge in [-0.15, -0.1) is 11.3 Å². The molecule has 0 unspecified atom stereocenters. The third-order valence-electron chi connectivity index (χ3n) is 2.38. The number of nitrogens with two attached hydrogens (primary N) is 1. The molecule has 100 valence electrons. The first-order chi connectivity index (χ1) is 9.02. The highest BCUT2D eigenvalue weighted by Gasteiger charge is 2.16. The summed E-state index contributed by atoms with van der Waals surface area (Å²) in [4.78, 5) is 12.0. The molecule has 9 heteroatoms. The number of hydrogen-bond acceptors (Lipinski definition) is 5. The molecule has 0 bridgehead atoms. The highest BCUT2D eigenvalue weighted by molar-refractivity contribution is 14.1. The topological polar surface area (TPSA) is 106 Å². The Hall–Kier alpha value is -1.62. The van der Waals surface area contributed by atoms with Crippen LogP contribution in [0.5, 0.6) is 0 Å². The Morgan fingerprint density at radius 3 is 3.00 bits per heavy atom. The maximum absolute atomic E-state index is 12.0. The molecule has 4 N–H and O–H groups in total. The van der Waals surface area contributed by atoms with Crippen LogP contribution in [0.15, 0.2) is 22.8 Å². The van der Waals surface area contributed by atoms with Gasteiger partial charge in [-0.1, -0.05) is 5.16 Å². The Balaban J connectivity index is 2.29. The predicted octanol–water partition coefficient (Wildman–Crippen LogP) is 1.43. The Labute approximate surface area is 126 Å². The van der Waals surface area contributed by atoms with Gasteiger partial charge in [0.2, 0.25) is 0 Å². The van der Waals surface area contributed by atoms with Crippen LogP contribution in [0.3, 0.4) is 0 Å². The van der Waals surface area contributed by atoms with E-state index in [1.54, 1.807) is 18.5 Å². The van der Waals surface area contributed by atoms with E-state index in [1.807, 2.05) is 0 Å². The molecule has 0 saturated carbocycles. The van der Waals surface area contributed by atoms with Crippen molar-refractivity contribution in [3.8, 4) is 0 Å². The fraction of sp³-hybridized carbons (Fsp3) is 0.100. The van der Waals surface area contributed by atoms with Crippen molar-refractivity contribution in [2.75, 3.05) is 5.32 Å². The van der Waals surface area contributed by atoms with Crippen LogP contribution >= 0.6 is 33.9 Å². The summed E-state index contributed by atoms with van der Waals surface area (Å²) >= 11 is 3.62. The molecule has 2 rings (SSSR count). The van der Waals surface area contributed by atoms with Gasteiger partial charge in [0.05, 0.1) is 20.2 Å². The van der Waals surface area contributed by atoms with E-state index in [4.69, 9.17) is 10.9 Å². The zero-order valence-corrected chi connectivity index (χ0v) is 12.8. The average Bonchev–Trinajstić information content (AvgIpc) is 2.96. The quantitative estimate of drug-likeness (QED) is 0.242. The molecule has 0 saturated heterocycles. The van der Waals surface area contributed by atoms with Crippen molar-refractivity contribution < 1.29 is 10.0 Å². The van der Waals surface area contributed by atoms with Gasteiger partial charge in [-0.2, -0.15) is 5.10 Å². The second kappa shape index (κ2) is 5.57. The van der Waals surface area contributed by atoms with Crippen LogP contribution in [0.2, 0.25) is 0 Å². The van der Waals surface area contributed by atoms with Gasteiger partial charge < -0.3 is 16.3 Å². The summed E-state index contributed by atoms with van der Waals surface area (Å²) in [6, 6.07) is 1.78. The molecule has 0 fully saturated rings. The van der Waals surface area contributed by atoms with E-state index in [2.05, 4.69) is 38.2 Å². The first kappa shape index (κ1) is 13.8. The minimum Gasteiger partial charge on any atom is -0.409 e. The molecule has 7 nitrogen and oxygen atoms in total. The van der Waals surface area contributed by atoms with Crippen LogP contribution in [0, 0.1) is 2.88 Å². The lowest BCUT2D eigenvalue weighted by Gasteiger charge is -2.06. The molecule has 2 aromatic rings. The van der Waals surface area contributed by atoms with Crippen LogP contribution < -0.4 is 11.1 Å². The summed E-state index contributed by atoms with van der Waals surface area (Å²) in [7, 11) is 1.65. The summed E-state index contributed by atoms with van der Waals surface area (Å²) in [5.74, 6) is -0.000405. The maximum atomic E-state index is 12.0. The van der Waals surface area contributed by atoms with Gasteiger partial charge in [0, 0.05) is 12.4 Å². The molecule has 0 atom stereocenters. The van der Waals surface area contributed by atoms with Crippen molar-refractivity contribution in [2.45, 2.75) is 0 Å². The van der Waals surface area contributed by atoms with Gasteiger partial charge in [-0.3, -0.25) is 9.48 Å². The van der Waals surface area contributed by atoms with Crippen LogP contribution in [-0.4, -0.2) is 26.7 Å². The number of carbonyl (C=O) groups excluding carboxylic acids is 1. The Kier molecular flexibility index (Phi) is 4.04. The number of hydrogen-bond donors (Lipinski definition) is 3. The third kappa shape index (κ3) is 2.87. The Morgan fingerprint density at radius 1 is 1.68 bits per heavy atom. The van der Waals surface area contributed by atoms with Gasteiger partial charge in [0.1, 0.15) is 5.82 Å². The smallest absolute Gasteiger partial charge is 0.257 e. The number of anilines is 1. The second-order valence-corrected chi connectivity index (χ2v) is 6.41. The molecule has 0 aliphatic carbocycles. The van der Waals surface area contributed by atoms with E-state index in [9.17, 15) is 4.79 Å². The van der Waals surface area contributed by atoms with E-state index in [0.717, 1.165) is 2.88 Å². The van der Waals surface area contributed by atoms with Crippen molar-refractivity contribution in [3.63, 3.8) is 0 Å². The molecule has 0 radical (unpaired) electrons. The lowest BCUT2D eigenvalue weighted by Crippen LogP contribution is -2.19. The molecular formula is C10H10IN5O2S. The number of aryl methyl sites for hydroxylation is 1. The predicted molar refractivity (Wildman–Crippen MR) is 80.7 cm³/mol. The monoisotopic (exact) mass is 391 g/mol. The van der Waals surface area contributed by atoms with Crippen LogP contribution in [0.25, 0.3) is 0 Å². The van der Waals surface area contributed by atoms with E-state index >= 15 is 0 Å². The lowest BCUT2D eigenvalue weighted by molar-refractivity contribution is 0.102. The van der Waals surface area contributed by atoms with E-state index < -0.39 is 0 Å². The van der Waals surface area contributed by atoms with Crippen LogP contribution in [0.4, 0.5) is 5.82 Å². The number of halogens is 1. The number of thiophene rings is 1. The SMILES string of the molecule is Cn1ncc(C(N)=NO)c1NC(=O)c1csc(I)c1. The molecule has 2 heterocycles.